The predicted molar refractivity (Wildman–Crippen MR) is 67.0 cm³/mol. The van der Waals surface area contributed by atoms with Crippen molar-refractivity contribution in [3.05, 3.63) is 0 Å². The van der Waals surface area contributed by atoms with Gasteiger partial charge in [0, 0.05) is 6.04 Å². The molecule has 0 saturated carbocycles. The van der Waals surface area contributed by atoms with E-state index >= 15 is 0 Å². The van der Waals surface area contributed by atoms with Crippen molar-refractivity contribution in [1.29, 1.82) is 0 Å². The van der Waals surface area contributed by atoms with Gasteiger partial charge in [-0.25, -0.2) is 0 Å². The molecule has 1 rings (SSSR count). The molecule has 1 fully saturated rings. The molecule has 90 valence electrons. The Hall–Kier alpha value is -0.0800. The molecule has 2 unspecified atom stereocenters. The third-order valence-electron chi connectivity index (χ3n) is 3.68. The standard InChI is InChI=1S/C13H28N2/c1-3-13(14)7-5-10-15-9-4-6-12(2)8-11-15/h12-13H,3-11,14H2,1-2H3. The predicted octanol–water partition coefficient (Wildman–Crippen LogP) is 2.63. The lowest BCUT2D eigenvalue weighted by atomic mass is 10.0. The summed E-state index contributed by atoms with van der Waals surface area (Å²) in [6, 6.07) is 0.427. The summed E-state index contributed by atoms with van der Waals surface area (Å²) in [6.07, 6.45) is 7.80. The molecule has 0 radical (unpaired) electrons. The highest BCUT2D eigenvalue weighted by Crippen LogP contribution is 2.16. The Labute approximate surface area is 95.2 Å². The maximum atomic E-state index is 5.92. The van der Waals surface area contributed by atoms with Gasteiger partial charge in [0.05, 0.1) is 0 Å². The van der Waals surface area contributed by atoms with Crippen molar-refractivity contribution in [3.63, 3.8) is 0 Å². The van der Waals surface area contributed by atoms with Gasteiger partial charge >= 0.3 is 0 Å². The first-order chi connectivity index (χ1) is 7.22. The van der Waals surface area contributed by atoms with Gasteiger partial charge in [-0.2, -0.15) is 0 Å². The average molecular weight is 212 g/mol. The monoisotopic (exact) mass is 212 g/mol. The van der Waals surface area contributed by atoms with E-state index in [2.05, 4.69) is 18.7 Å². The SMILES string of the molecule is CCC(N)CCCN1CCCC(C)CC1. The van der Waals surface area contributed by atoms with Crippen LogP contribution in [0.2, 0.25) is 0 Å². The molecule has 0 bridgehead atoms. The van der Waals surface area contributed by atoms with Crippen molar-refractivity contribution in [1.82, 2.24) is 4.90 Å². The maximum absolute atomic E-state index is 5.92. The Balaban J connectivity index is 2.10. The zero-order valence-electron chi connectivity index (χ0n) is 10.5. The first kappa shape index (κ1) is 13.0. The summed E-state index contributed by atoms with van der Waals surface area (Å²) in [4.78, 5) is 2.63. The molecule has 2 atom stereocenters. The first-order valence-corrected chi connectivity index (χ1v) is 6.70. The molecule has 2 heteroatoms. The summed E-state index contributed by atoms with van der Waals surface area (Å²) in [6.45, 7) is 8.45. The zero-order chi connectivity index (χ0) is 11.1. The van der Waals surface area contributed by atoms with Crippen LogP contribution in [0, 0.1) is 5.92 Å². The van der Waals surface area contributed by atoms with Crippen LogP contribution in [0.15, 0.2) is 0 Å². The number of hydrogen-bond donors (Lipinski definition) is 1. The van der Waals surface area contributed by atoms with Crippen molar-refractivity contribution < 1.29 is 0 Å². The molecule has 1 aliphatic rings. The highest BCUT2D eigenvalue weighted by atomic mass is 15.1. The van der Waals surface area contributed by atoms with E-state index < -0.39 is 0 Å². The van der Waals surface area contributed by atoms with Crippen LogP contribution in [-0.4, -0.2) is 30.6 Å². The van der Waals surface area contributed by atoms with Gasteiger partial charge in [0.2, 0.25) is 0 Å². The maximum Gasteiger partial charge on any atom is 0.00366 e. The van der Waals surface area contributed by atoms with Gasteiger partial charge in [-0.1, -0.05) is 13.8 Å². The second-order valence-electron chi connectivity index (χ2n) is 5.19. The normalized spacial score (nSPS) is 26.2. The summed E-state index contributed by atoms with van der Waals surface area (Å²) >= 11 is 0. The van der Waals surface area contributed by atoms with Crippen LogP contribution >= 0.6 is 0 Å². The largest absolute Gasteiger partial charge is 0.328 e. The minimum absolute atomic E-state index is 0.427. The lowest BCUT2D eigenvalue weighted by molar-refractivity contribution is 0.272. The van der Waals surface area contributed by atoms with Crippen molar-refractivity contribution in [2.75, 3.05) is 19.6 Å². The van der Waals surface area contributed by atoms with E-state index in [4.69, 9.17) is 5.73 Å². The van der Waals surface area contributed by atoms with Crippen LogP contribution in [0.3, 0.4) is 0 Å². The van der Waals surface area contributed by atoms with Gasteiger partial charge in [-0.05, 0) is 64.1 Å². The van der Waals surface area contributed by atoms with Crippen LogP contribution in [0.1, 0.15) is 52.4 Å². The van der Waals surface area contributed by atoms with Crippen LogP contribution in [0.5, 0.6) is 0 Å². The van der Waals surface area contributed by atoms with Crippen molar-refractivity contribution in [3.8, 4) is 0 Å². The Morgan fingerprint density at radius 2 is 2.13 bits per heavy atom. The number of nitrogens with zero attached hydrogens (tertiary/aromatic N) is 1. The number of hydrogen-bond acceptors (Lipinski definition) is 2. The fourth-order valence-electron chi connectivity index (χ4n) is 2.33. The molecule has 0 aromatic heterocycles. The molecular weight excluding hydrogens is 184 g/mol. The molecule has 0 spiro atoms. The van der Waals surface area contributed by atoms with Crippen LogP contribution < -0.4 is 5.73 Å². The molecule has 0 aromatic carbocycles. The van der Waals surface area contributed by atoms with Crippen molar-refractivity contribution in [2.24, 2.45) is 11.7 Å². The Morgan fingerprint density at radius 3 is 2.87 bits per heavy atom. The van der Waals surface area contributed by atoms with E-state index in [1.807, 2.05) is 0 Å². The van der Waals surface area contributed by atoms with Crippen molar-refractivity contribution >= 4 is 0 Å². The fourth-order valence-corrected chi connectivity index (χ4v) is 2.33. The molecule has 0 aliphatic carbocycles. The Morgan fingerprint density at radius 1 is 1.33 bits per heavy atom. The number of rotatable bonds is 5. The van der Waals surface area contributed by atoms with Gasteiger partial charge in [0.15, 0.2) is 0 Å². The molecule has 2 nitrogen and oxygen atoms in total. The van der Waals surface area contributed by atoms with E-state index in [1.54, 1.807) is 0 Å². The van der Waals surface area contributed by atoms with Gasteiger partial charge in [0.1, 0.15) is 0 Å². The van der Waals surface area contributed by atoms with E-state index in [0.29, 0.717) is 6.04 Å². The van der Waals surface area contributed by atoms with E-state index in [1.165, 1.54) is 51.7 Å². The highest BCUT2D eigenvalue weighted by Gasteiger charge is 2.13. The topological polar surface area (TPSA) is 29.3 Å². The minimum Gasteiger partial charge on any atom is -0.328 e. The second-order valence-corrected chi connectivity index (χ2v) is 5.19. The van der Waals surface area contributed by atoms with Crippen LogP contribution in [0.4, 0.5) is 0 Å². The summed E-state index contributed by atoms with van der Waals surface area (Å²) in [7, 11) is 0. The molecule has 2 N–H and O–H groups in total. The van der Waals surface area contributed by atoms with Gasteiger partial charge < -0.3 is 10.6 Å². The summed E-state index contributed by atoms with van der Waals surface area (Å²) in [5, 5.41) is 0. The molecule has 1 aliphatic heterocycles. The van der Waals surface area contributed by atoms with Gasteiger partial charge in [-0.15, -0.1) is 0 Å². The molecular formula is C13H28N2. The molecule has 0 amide bonds. The van der Waals surface area contributed by atoms with Gasteiger partial charge in [0.25, 0.3) is 0 Å². The molecule has 1 heterocycles. The lowest BCUT2D eigenvalue weighted by Gasteiger charge is -2.20. The van der Waals surface area contributed by atoms with Crippen molar-refractivity contribution in [2.45, 2.75) is 58.4 Å². The third-order valence-corrected chi connectivity index (χ3v) is 3.68. The molecule has 1 saturated heterocycles. The second kappa shape index (κ2) is 7.24. The highest BCUT2D eigenvalue weighted by molar-refractivity contribution is 4.68. The summed E-state index contributed by atoms with van der Waals surface area (Å²) in [5.41, 5.74) is 5.92. The molecule has 0 aromatic rings. The fraction of sp³-hybridized carbons (Fsp3) is 1.00. The summed E-state index contributed by atoms with van der Waals surface area (Å²) < 4.78 is 0. The van der Waals surface area contributed by atoms with Gasteiger partial charge in [-0.3, -0.25) is 0 Å². The van der Waals surface area contributed by atoms with E-state index in [0.717, 1.165) is 12.3 Å². The van der Waals surface area contributed by atoms with E-state index in [9.17, 15) is 0 Å². The lowest BCUT2D eigenvalue weighted by Crippen LogP contribution is -2.28. The minimum atomic E-state index is 0.427. The number of likely N-dealkylation sites (tertiary alicyclic amines) is 1. The average Bonchev–Trinajstić information content (AvgIpc) is 2.43. The quantitative estimate of drug-likeness (QED) is 0.759. The Kier molecular flexibility index (Phi) is 6.26. The number of nitrogens with two attached hydrogens (primary N) is 1. The molecule has 15 heavy (non-hydrogen) atoms. The van der Waals surface area contributed by atoms with Crippen LogP contribution in [-0.2, 0) is 0 Å². The first-order valence-electron chi connectivity index (χ1n) is 6.70. The summed E-state index contributed by atoms with van der Waals surface area (Å²) in [5.74, 6) is 0.938. The third kappa shape index (κ3) is 5.53. The zero-order valence-corrected chi connectivity index (χ0v) is 10.5. The van der Waals surface area contributed by atoms with Crippen LogP contribution in [0.25, 0.3) is 0 Å². The Bertz CT molecular complexity index is 159. The smallest absolute Gasteiger partial charge is 0.00366 e. The van der Waals surface area contributed by atoms with E-state index in [-0.39, 0.29) is 0 Å².